The van der Waals surface area contributed by atoms with Crippen molar-refractivity contribution in [2.75, 3.05) is 13.1 Å². The molecule has 1 aliphatic heterocycles. The predicted octanol–water partition coefficient (Wildman–Crippen LogP) is 1.20. The summed E-state index contributed by atoms with van der Waals surface area (Å²) in [6.45, 7) is 3.79. The molecule has 0 bridgehead atoms. The van der Waals surface area contributed by atoms with Gasteiger partial charge < -0.3 is 4.90 Å². The van der Waals surface area contributed by atoms with Crippen molar-refractivity contribution < 1.29 is 13.2 Å². The van der Waals surface area contributed by atoms with Gasteiger partial charge in [-0.05, 0) is 30.9 Å². The molecule has 0 radical (unpaired) electrons. The van der Waals surface area contributed by atoms with E-state index in [1.165, 1.54) is 6.07 Å². The lowest BCUT2D eigenvalue weighted by Gasteiger charge is -2.30. The van der Waals surface area contributed by atoms with E-state index in [0.29, 0.717) is 5.92 Å². The van der Waals surface area contributed by atoms with E-state index >= 15 is 0 Å². The summed E-state index contributed by atoms with van der Waals surface area (Å²) >= 11 is 1.07. The molecule has 7 heteroatoms. The van der Waals surface area contributed by atoms with E-state index in [-0.39, 0.29) is 16.5 Å². The van der Waals surface area contributed by atoms with Gasteiger partial charge in [0.1, 0.15) is 4.21 Å². The van der Waals surface area contributed by atoms with Crippen molar-refractivity contribution in [1.82, 2.24) is 4.90 Å². The van der Waals surface area contributed by atoms with Gasteiger partial charge in [0.15, 0.2) is 0 Å². The SMILES string of the molecule is CC1CCN(C(=O)Cc2ccc(S(N)(=O)=O)s2)CC1. The van der Waals surface area contributed by atoms with Crippen LogP contribution in [-0.4, -0.2) is 32.3 Å². The van der Waals surface area contributed by atoms with Gasteiger partial charge in [0.25, 0.3) is 0 Å². The molecule has 0 aliphatic carbocycles. The van der Waals surface area contributed by atoms with Crippen LogP contribution in [-0.2, 0) is 21.2 Å². The number of carbonyl (C=O) groups excluding carboxylic acids is 1. The minimum atomic E-state index is -3.66. The summed E-state index contributed by atoms with van der Waals surface area (Å²) in [5.41, 5.74) is 0. The number of nitrogens with two attached hydrogens (primary N) is 1. The fourth-order valence-corrected chi connectivity index (χ4v) is 3.89. The predicted molar refractivity (Wildman–Crippen MR) is 74.4 cm³/mol. The van der Waals surface area contributed by atoms with Gasteiger partial charge in [-0.2, -0.15) is 0 Å². The lowest BCUT2D eigenvalue weighted by molar-refractivity contribution is -0.131. The fourth-order valence-electron chi connectivity index (χ4n) is 2.13. The zero-order valence-electron chi connectivity index (χ0n) is 10.8. The van der Waals surface area contributed by atoms with E-state index in [1.807, 2.05) is 4.90 Å². The lowest BCUT2D eigenvalue weighted by Crippen LogP contribution is -2.38. The van der Waals surface area contributed by atoms with Gasteiger partial charge >= 0.3 is 0 Å². The monoisotopic (exact) mass is 302 g/mol. The van der Waals surface area contributed by atoms with Crippen molar-refractivity contribution in [3.05, 3.63) is 17.0 Å². The van der Waals surface area contributed by atoms with Gasteiger partial charge in [0, 0.05) is 18.0 Å². The third-order valence-corrected chi connectivity index (χ3v) is 5.90. The van der Waals surface area contributed by atoms with Crippen molar-refractivity contribution in [1.29, 1.82) is 0 Å². The summed E-state index contributed by atoms with van der Waals surface area (Å²) in [4.78, 5) is 14.7. The van der Waals surface area contributed by atoms with Crippen molar-refractivity contribution >= 4 is 27.3 Å². The quantitative estimate of drug-likeness (QED) is 0.911. The van der Waals surface area contributed by atoms with Crippen LogP contribution in [0.4, 0.5) is 0 Å². The second-order valence-corrected chi connectivity index (χ2v) is 7.96. The van der Waals surface area contributed by atoms with Crippen LogP contribution in [0.1, 0.15) is 24.6 Å². The first-order valence-electron chi connectivity index (χ1n) is 6.25. The Morgan fingerprint density at radius 2 is 2.05 bits per heavy atom. The summed E-state index contributed by atoms with van der Waals surface area (Å²) in [6, 6.07) is 3.12. The highest BCUT2D eigenvalue weighted by Gasteiger charge is 2.21. The summed E-state index contributed by atoms with van der Waals surface area (Å²) < 4.78 is 22.4. The molecular weight excluding hydrogens is 284 g/mol. The van der Waals surface area contributed by atoms with Gasteiger partial charge in [-0.25, -0.2) is 13.6 Å². The molecule has 0 atom stereocenters. The minimum Gasteiger partial charge on any atom is -0.342 e. The number of likely N-dealkylation sites (tertiary alicyclic amines) is 1. The van der Waals surface area contributed by atoms with Crippen LogP contribution in [0.3, 0.4) is 0 Å². The highest BCUT2D eigenvalue weighted by Crippen LogP contribution is 2.22. The zero-order valence-corrected chi connectivity index (χ0v) is 12.5. The smallest absolute Gasteiger partial charge is 0.247 e. The molecule has 1 aromatic rings. The van der Waals surface area contributed by atoms with Gasteiger partial charge in [-0.1, -0.05) is 6.92 Å². The number of nitrogens with zero attached hydrogens (tertiary/aromatic N) is 1. The summed E-state index contributed by atoms with van der Waals surface area (Å²) in [5.74, 6) is 0.745. The normalized spacial score (nSPS) is 17.7. The average Bonchev–Trinajstić information content (AvgIpc) is 2.78. The number of piperidine rings is 1. The molecule has 1 fully saturated rings. The van der Waals surface area contributed by atoms with Gasteiger partial charge in [0.05, 0.1) is 6.42 Å². The van der Waals surface area contributed by atoms with Gasteiger partial charge in [-0.3, -0.25) is 4.79 Å². The van der Waals surface area contributed by atoms with E-state index in [9.17, 15) is 13.2 Å². The number of rotatable bonds is 3. The lowest BCUT2D eigenvalue weighted by atomic mass is 9.99. The van der Waals surface area contributed by atoms with Crippen LogP contribution in [0.5, 0.6) is 0 Å². The molecule has 0 aromatic carbocycles. The average molecular weight is 302 g/mol. The van der Waals surface area contributed by atoms with Gasteiger partial charge in [-0.15, -0.1) is 11.3 Å². The molecule has 19 heavy (non-hydrogen) atoms. The maximum Gasteiger partial charge on any atom is 0.247 e. The van der Waals surface area contributed by atoms with Crippen LogP contribution in [0.15, 0.2) is 16.3 Å². The number of hydrogen-bond acceptors (Lipinski definition) is 4. The van der Waals surface area contributed by atoms with Crippen molar-refractivity contribution in [3.63, 3.8) is 0 Å². The Bertz CT molecular complexity index is 557. The Morgan fingerprint density at radius 3 is 2.58 bits per heavy atom. The number of primary sulfonamides is 1. The molecule has 2 heterocycles. The Kier molecular flexibility index (Phi) is 4.27. The topological polar surface area (TPSA) is 80.5 Å². The zero-order chi connectivity index (χ0) is 14.0. The summed E-state index contributed by atoms with van der Waals surface area (Å²) in [5, 5.41) is 5.05. The van der Waals surface area contributed by atoms with Crippen molar-refractivity contribution in [2.24, 2.45) is 11.1 Å². The van der Waals surface area contributed by atoms with Crippen LogP contribution in [0.25, 0.3) is 0 Å². The molecule has 1 amide bonds. The molecule has 106 valence electrons. The van der Waals surface area contributed by atoms with Crippen LogP contribution in [0, 0.1) is 5.92 Å². The second-order valence-electron chi connectivity index (χ2n) is 5.01. The number of amides is 1. The molecule has 5 nitrogen and oxygen atoms in total. The summed E-state index contributed by atoms with van der Waals surface area (Å²) in [7, 11) is -3.66. The standard InChI is InChI=1S/C12H18N2O3S2/c1-9-4-6-14(7-5-9)11(15)8-10-2-3-12(18-10)19(13,16)17/h2-3,9H,4-8H2,1H3,(H2,13,16,17). The maximum atomic E-state index is 12.1. The second kappa shape index (κ2) is 5.60. The molecule has 1 aromatic heterocycles. The Morgan fingerprint density at radius 1 is 1.42 bits per heavy atom. The fraction of sp³-hybridized carbons (Fsp3) is 0.583. The molecular formula is C12H18N2O3S2. The van der Waals surface area contributed by atoms with Crippen molar-refractivity contribution in [3.8, 4) is 0 Å². The molecule has 0 unspecified atom stereocenters. The van der Waals surface area contributed by atoms with E-state index in [2.05, 4.69) is 6.92 Å². The first-order chi connectivity index (χ1) is 8.86. The van der Waals surface area contributed by atoms with Crippen LogP contribution in [0.2, 0.25) is 0 Å². The molecule has 0 spiro atoms. The molecule has 2 rings (SSSR count). The van der Waals surface area contributed by atoms with E-state index in [4.69, 9.17) is 5.14 Å². The molecule has 1 aliphatic rings. The van der Waals surface area contributed by atoms with E-state index in [1.54, 1.807) is 6.07 Å². The number of carbonyl (C=O) groups is 1. The largest absolute Gasteiger partial charge is 0.342 e. The van der Waals surface area contributed by atoms with Crippen LogP contribution >= 0.6 is 11.3 Å². The number of sulfonamides is 1. The first-order valence-corrected chi connectivity index (χ1v) is 8.62. The highest BCUT2D eigenvalue weighted by molar-refractivity contribution is 7.91. The van der Waals surface area contributed by atoms with Gasteiger partial charge in [0.2, 0.25) is 15.9 Å². The molecule has 2 N–H and O–H groups in total. The van der Waals surface area contributed by atoms with E-state index < -0.39 is 10.0 Å². The van der Waals surface area contributed by atoms with E-state index in [0.717, 1.165) is 42.1 Å². The maximum absolute atomic E-state index is 12.1. The highest BCUT2D eigenvalue weighted by atomic mass is 32.2. The first kappa shape index (κ1) is 14.5. The Hall–Kier alpha value is -0.920. The van der Waals surface area contributed by atoms with Crippen molar-refractivity contribution in [2.45, 2.75) is 30.4 Å². The van der Waals surface area contributed by atoms with Crippen LogP contribution < -0.4 is 5.14 Å². The number of hydrogen-bond donors (Lipinski definition) is 1. The minimum absolute atomic E-state index is 0.0646. The third-order valence-electron chi connectivity index (χ3n) is 3.38. The summed E-state index contributed by atoms with van der Waals surface area (Å²) in [6.07, 6.45) is 2.34. The molecule has 0 saturated carbocycles. The Labute approximate surface area is 117 Å². The molecule has 1 saturated heterocycles. The third kappa shape index (κ3) is 3.77. The number of thiophene rings is 1. The Balaban J connectivity index is 1.97.